The van der Waals surface area contributed by atoms with E-state index in [0.29, 0.717) is 31.8 Å². The maximum absolute atomic E-state index is 15.2. The summed E-state index contributed by atoms with van der Waals surface area (Å²) in [5, 5.41) is 19.2. The summed E-state index contributed by atoms with van der Waals surface area (Å²) < 4.78 is 27.4. The molecule has 3 heterocycles. The molecule has 3 aliphatic rings. The predicted octanol–water partition coefficient (Wildman–Crippen LogP) is 2.21. The molecule has 5 rings (SSSR count). The number of ether oxygens (including phenoxy) is 2. The van der Waals surface area contributed by atoms with E-state index in [4.69, 9.17) is 15.6 Å². The molecule has 1 saturated carbocycles. The van der Waals surface area contributed by atoms with Gasteiger partial charge in [-0.2, -0.15) is 0 Å². The number of hydrogen-bond acceptors (Lipinski definition) is 7. The van der Waals surface area contributed by atoms with Crippen LogP contribution in [0.3, 0.4) is 0 Å². The number of phenolic OH excluding ortho intramolecular Hbond substituents is 1. The summed E-state index contributed by atoms with van der Waals surface area (Å²) in [7, 11) is 0. The highest BCUT2D eigenvalue weighted by molar-refractivity contribution is 5.91. The molecular weight excluding hydrogens is 433 g/mol. The number of carbonyl (C=O) groups is 1. The largest absolute Gasteiger partial charge is 0.511 e. The summed E-state index contributed by atoms with van der Waals surface area (Å²) in [5.74, 6) is -2.04. The van der Waals surface area contributed by atoms with Gasteiger partial charge in [-0.1, -0.05) is 0 Å². The van der Waals surface area contributed by atoms with Gasteiger partial charge in [0.15, 0.2) is 17.3 Å². The van der Waals surface area contributed by atoms with E-state index in [1.807, 2.05) is 0 Å². The fourth-order valence-electron chi connectivity index (χ4n) is 4.82. The molecule has 0 bridgehead atoms. The number of pyridine rings is 1. The molecule has 0 amide bonds. The van der Waals surface area contributed by atoms with Crippen LogP contribution in [0.25, 0.3) is 10.9 Å². The number of carboxylic acid groups (broad SMARTS) is 1. The lowest BCUT2D eigenvalue weighted by Crippen LogP contribution is -2.44. The van der Waals surface area contributed by atoms with Gasteiger partial charge in [-0.25, -0.2) is 9.18 Å². The van der Waals surface area contributed by atoms with Gasteiger partial charge in [0.05, 0.1) is 22.8 Å². The number of hydrogen-bond donors (Lipinski definition) is 3. The maximum Gasteiger partial charge on any atom is 0.511 e. The Morgan fingerprint density at radius 3 is 2.74 bits per heavy atom. The zero-order chi connectivity index (χ0) is 21.2. The van der Waals surface area contributed by atoms with Crippen molar-refractivity contribution in [3.8, 4) is 11.5 Å². The van der Waals surface area contributed by atoms with E-state index in [1.165, 1.54) is 6.20 Å². The molecule has 168 valence electrons. The third kappa shape index (κ3) is 3.29. The fraction of sp³-hybridized carbons (Fsp3) is 0.500. The van der Waals surface area contributed by atoms with Crippen molar-refractivity contribution in [3.63, 3.8) is 0 Å². The van der Waals surface area contributed by atoms with Crippen LogP contribution in [0, 0.1) is 11.7 Å². The first kappa shape index (κ1) is 21.7. The molecule has 2 aromatic rings. The number of halogens is 2. The second kappa shape index (κ2) is 7.54. The number of nitrogens with zero attached hydrogens (tertiary/aromatic N) is 2. The minimum Gasteiger partial charge on any atom is -0.504 e. The van der Waals surface area contributed by atoms with Crippen molar-refractivity contribution < 1.29 is 28.9 Å². The van der Waals surface area contributed by atoms with Gasteiger partial charge in [0.1, 0.15) is 5.60 Å². The van der Waals surface area contributed by atoms with Gasteiger partial charge in [0, 0.05) is 38.2 Å². The maximum atomic E-state index is 15.2. The number of phenols is 1. The second-order valence-corrected chi connectivity index (χ2v) is 8.26. The van der Waals surface area contributed by atoms with Crippen molar-refractivity contribution >= 4 is 35.2 Å². The van der Waals surface area contributed by atoms with Crippen LogP contribution in [0.5, 0.6) is 11.5 Å². The van der Waals surface area contributed by atoms with E-state index in [2.05, 4.69) is 4.74 Å². The molecule has 2 atom stereocenters. The average molecular weight is 456 g/mol. The molecule has 0 spiro atoms. The minimum atomic E-state index is -1.65. The van der Waals surface area contributed by atoms with Crippen molar-refractivity contribution in [2.45, 2.75) is 30.9 Å². The van der Waals surface area contributed by atoms with Crippen LogP contribution in [0.4, 0.5) is 14.9 Å². The molecule has 1 aromatic heterocycles. The van der Waals surface area contributed by atoms with Crippen molar-refractivity contribution in [1.29, 1.82) is 0 Å². The summed E-state index contributed by atoms with van der Waals surface area (Å²) in [6, 6.07) is 1.57. The Morgan fingerprint density at radius 2 is 2.13 bits per heavy atom. The SMILES string of the molecule is Cl.NCC12CN(c3cc4c(c(O)c3F)c(=O)c(OC(=O)O)cn4C3CC3)CC1CCO2. The topological polar surface area (TPSA) is 127 Å². The number of benzene rings is 1. The Kier molecular flexibility index (Phi) is 5.27. The van der Waals surface area contributed by atoms with E-state index in [-0.39, 0.29) is 35.4 Å². The lowest BCUT2D eigenvalue weighted by Gasteiger charge is -2.27. The zero-order valence-electron chi connectivity index (χ0n) is 16.5. The van der Waals surface area contributed by atoms with Gasteiger partial charge in [0.25, 0.3) is 0 Å². The smallest absolute Gasteiger partial charge is 0.504 e. The summed E-state index contributed by atoms with van der Waals surface area (Å²) in [6.45, 7) is 1.86. The summed E-state index contributed by atoms with van der Waals surface area (Å²) in [5.41, 5.74) is 5.07. The molecule has 31 heavy (non-hydrogen) atoms. The average Bonchev–Trinajstić information content (AvgIpc) is 3.37. The monoisotopic (exact) mass is 455 g/mol. The van der Waals surface area contributed by atoms with Crippen LogP contribution in [-0.2, 0) is 4.74 Å². The van der Waals surface area contributed by atoms with E-state index in [0.717, 1.165) is 19.3 Å². The van der Waals surface area contributed by atoms with Crippen LogP contribution in [-0.4, -0.2) is 52.8 Å². The predicted molar refractivity (Wildman–Crippen MR) is 112 cm³/mol. The molecule has 2 aliphatic heterocycles. The fourth-order valence-corrected chi connectivity index (χ4v) is 4.82. The number of fused-ring (bicyclic) bond motifs is 2. The molecule has 3 fully saturated rings. The first-order valence-corrected chi connectivity index (χ1v) is 9.94. The first-order valence-electron chi connectivity index (χ1n) is 9.94. The third-order valence-corrected chi connectivity index (χ3v) is 6.51. The van der Waals surface area contributed by atoms with Crippen LogP contribution in [0.1, 0.15) is 25.3 Å². The van der Waals surface area contributed by atoms with Crippen LogP contribution in [0.15, 0.2) is 17.1 Å². The molecule has 11 heteroatoms. The normalized spacial score (nSPS) is 24.8. The van der Waals surface area contributed by atoms with E-state index >= 15 is 4.39 Å². The van der Waals surface area contributed by atoms with Gasteiger partial charge in [-0.3, -0.25) is 4.79 Å². The standard InChI is InChI=1S/C20H22FN3O6.ClH/c21-16-13(23-6-10-3-4-29-20(10,8-22)9-23)5-12-15(18(16)26)17(25)14(30-19(27)28)7-24(12)11-1-2-11;/h5,7,10-11,26H,1-4,6,8-9,22H2,(H,27,28);1H. The van der Waals surface area contributed by atoms with Crippen LogP contribution < -0.4 is 20.8 Å². The van der Waals surface area contributed by atoms with E-state index in [9.17, 15) is 14.7 Å². The van der Waals surface area contributed by atoms with Crippen LogP contribution >= 0.6 is 12.4 Å². The number of aromatic hydroxyl groups is 1. The third-order valence-electron chi connectivity index (χ3n) is 6.51. The molecule has 1 aromatic carbocycles. The molecule has 9 nitrogen and oxygen atoms in total. The number of rotatable bonds is 4. The van der Waals surface area contributed by atoms with Crippen molar-refractivity contribution in [2.75, 3.05) is 31.1 Å². The van der Waals surface area contributed by atoms with E-state index < -0.39 is 34.5 Å². The van der Waals surface area contributed by atoms with Crippen molar-refractivity contribution in [1.82, 2.24) is 4.57 Å². The molecule has 2 unspecified atom stereocenters. The Labute approximate surface area is 182 Å². The number of anilines is 1. The minimum absolute atomic E-state index is 0. The number of aromatic nitrogens is 1. The highest BCUT2D eigenvalue weighted by Gasteiger charge is 2.50. The van der Waals surface area contributed by atoms with Gasteiger partial charge >= 0.3 is 6.16 Å². The van der Waals surface area contributed by atoms with Gasteiger partial charge in [-0.15, -0.1) is 12.4 Å². The van der Waals surface area contributed by atoms with E-state index in [1.54, 1.807) is 15.5 Å². The van der Waals surface area contributed by atoms with Crippen molar-refractivity contribution in [3.05, 3.63) is 28.3 Å². The Morgan fingerprint density at radius 1 is 1.39 bits per heavy atom. The Balaban J connectivity index is 0.00000231. The Hall–Kier alpha value is -2.56. The summed E-state index contributed by atoms with van der Waals surface area (Å²) in [4.78, 5) is 25.5. The van der Waals surface area contributed by atoms with Gasteiger partial charge in [0.2, 0.25) is 5.43 Å². The zero-order valence-corrected chi connectivity index (χ0v) is 17.4. The lowest BCUT2D eigenvalue weighted by molar-refractivity contribution is 0.0126. The molecule has 1 aliphatic carbocycles. The Bertz CT molecular complexity index is 1120. The molecule has 0 radical (unpaired) electrons. The highest BCUT2D eigenvalue weighted by atomic mass is 35.5. The van der Waals surface area contributed by atoms with Gasteiger partial charge < -0.3 is 34.9 Å². The van der Waals surface area contributed by atoms with Crippen molar-refractivity contribution in [2.24, 2.45) is 11.7 Å². The summed E-state index contributed by atoms with van der Waals surface area (Å²) >= 11 is 0. The summed E-state index contributed by atoms with van der Waals surface area (Å²) in [6.07, 6.45) is 2.15. The van der Waals surface area contributed by atoms with Gasteiger partial charge in [-0.05, 0) is 25.3 Å². The quantitative estimate of drug-likeness (QED) is 0.599. The first-order chi connectivity index (χ1) is 14.3. The number of nitrogens with two attached hydrogens (primary N) is 1. The molecule has 4 N–H and O–H groups in total. The van der Waals surface area contributed by atoms with Crippen LogP contribution in [0.2, 0.25) is 0 Å². The highest BCUT2D eigenvalue weighted by Crippen LogP contribution is 2.45. The molecular formula is C20H23ClFN3O6. The second-order valence-electron chi connectivity index (χ2n) is 8.26. The molecule has 2 saturated heterocycles. The lowest BCUT2D eigenvalue weighted by atomic mass is 9.91.